The molecule has 0 saturated heterocycles. The summed E-state index contributed by atoms with van der Waals surface area (Å²) >= 11 is 0. The Kier molecular flexibility index (Phi) is 4.19. The van der Waals surface area contributed by atoms with Gasteiger partial charge in [-0.25, -0.2) is 0 Å². The largest absolute Gasteiger partial charge is 0.0987 e. The topological polar surface area (TPSA) is 0 Å². The highest BCUT2D eigenvalue weighted by atomic mass is 14.6. The summed E-state index contributed by atoms with van der Waals surface area (Å²) in [5.41, 5.74) is 14.8. The minimum atomic E-state index is -0.465. The highest BCUT2D eigenvalue weighted by Gasteiger charge is 2.58. The molecule has 0 amide bonds. The number of hydrogen-bond acceptors (Lipinski definition) is 0. The maximum atomic E-state index is 4.37. The number of fused-ring (bicyclic) bond motifs is 13. The van der Waals surface area contributed by atoms with E-state index in [1.807, 2.05) is 6.08 Å². The first-order valence-electron chi connectivity index (χ1n) is 13.3. The van der Waals surface area contributed by atoms with E-state index in [9.17, 15) is 0 Å². The second-order valence-corrected chi connectivity index (χ2v) is 10.5. The molecule has 5 aromatic carbocycles. The molecule has 0 unspecified atom stereocenters. The Morgan fingerprint density at radius 2 is 0.711 bits per heavy atom. The van der Waals surface area contributed by atoms with Gasteiger partial charge in [0.15, 0.2) is 0 Å². The van der Waals surface area contributed by atoms with E-state index in [0.29, 0.717) is 0 Å². The van der Waals surface area contributed by atoms with Crippen molar-refractivity contribution in [3.8, 4) is 11.1 Å². The quantitative estimate of drug-likeness (QED) is 0.231. The second kappa shape index (κ2) is 7.43. The maximum absolute atomic E-state index is 4.37. The molecule has 0 saturated carbocycles. The van der Waals surface area contributed by atoms with E-state index in [0.717, 1.165) is 0 Å². The van der Waals surface area contributed by atoms with Crippen LogP contribution in [0.1, 0.15) is 44.5 Å². The zero-order chi connectivity index (χ0) is 25.5. The molecule has 0 nitrogen and oxygen atoms in total. The molecule has 3 aliphatic carbocycles. The van der Waals surface area contributed by atoms with Crippen LogP contribution in [-0.2, 0) is 10.8 Å². The normalized spacial score (nSPS) is 16.4. The van der Waals surface area contributed by atoms with Crippen molar-refractivity contribution in [1.82, 2.24) is 0 Å². The van der Waals surface area contributed by atoms with Crippen LogP contribution in [0.4, 0.5) is 0 Å². The number of hydrogen-bond donors (Lipinski definition) is 0. The number of rotatable bonds is 2. The average molecular weight is 483 g/mol. The molecule has 3 aliphatic rings. The number of benzene rings is 5. The molecule has 5 aromatic rings. The Morgan fingerprint density at radius 1 is 0.368 bits per heavy atom. The maximum Gasteiger partial charge on any atom is 0.0720 e. The Bertz CT molecular complexity index is 1770. The lowest BCUT2D eigenvalue weighted by atomic mass is 9.52. The number of allylic oxidation sites excluding steroid dienone is 4. The highest BCUT2D eigenvalue weighted by molar-refractivity contribution is 5.95. The van der Waals surface area contributed by atoms with E-state index in [-0.39, 0.29) is 0 Å². The van der Waals surface area contributed by atoms with Crippen LogP contribution < -0.4 is 0 Å². The smallest absolute Gasteiger partial charge is 0.0720 e. The molecule has 0 N–H and O–H groups in total. The Labute approximate surface area is 223 Å². The molecule has 0 fully saturated rings. The fourth-order valence-corrected chi connectivity index (χ4v) is 7.98. The molecule has 0 heteroatoms. The fraction of sp³-hybridized carbons (Fsp3) is 0.0526. The molecular weight excluding hydrogens is 456 g/mol. The third-order valence-corrected chi connectivity index (χ3v) is 9.15. The first kappa shape index (κ1) is 21.4. The van der Waals surface area contributed by atoms with Crippen molar-refractivity contribution in [2.75, 3.05) is 0 Å². The van der Waals surface area contributed by atoms with Gasteiger partial charge in [0.25, 0.3) is 0 Å². The second-order valence-electron chi connectivity index (χ2n) is 10.5. The van der Waals surface area contributed by atoms with Crippen molar-refractivity contribution < 1.29 is 0 Å². The van der Waals surface area contributed by atoms with Gasteiger partial charge in [-0.3, -0.25) is 0 Å². The van der Waals surface area contributed by atoms with E-state index < -0.39 is 10.8 Å². The average Bonchev–Trinajstić information content (AvgIpc) is 3.45. The van der Waals surface area contributed by atoms with Gasteiger partial charge in [0.2, 0.25) is 0 Å². The van der Waals surface area contributed by atoms with E-state index in [1.54, 1.807) is 0 Å². The Balaban J connectivity index is 1.63. The van der Waals surface area contributed by atoms with Gasteiger partial charge in [-0.2, -0.15) is 0 Å². The van der Waals surface area contributed by atoms with Gasteiger partial charge in [-0.15, -0.1) is 0 Å². The van der Waals surface area contributed by atoms with Crippen LogP contribution in [0, 0.1) is 0 Å². The van der Waals surface area contributed by atoms with Crippen molar-refractivity contribution in [3.63, 3.8) is 0 Å². The van der Waals surface area contributed by atoms with Crippen LogP contribution >= 0.6 is 0 Å². The van der Waals surface area contributed by atoms with E-state index >= 15 is 0 Å². The summed E-state index contributed by atoms with van der Waals surface area (Å²) < 4.78 is 0. The monoisotopic (exact) mass is 482 g/mol. The summed E-state index contributed by atoms with van der Waals surface area (Å²) in [6.07, 6.45) is 4.08. The van der Waals surface area contributed by atoms with Crippen molar-refractivity contribution in [3.05, 3.63) is 197 Å². The van der Waals surface area contributed by atoms with Gasteiger partial charge in [0.1, 0.15) is 0 Å². The molecule has 0 aromatic heterocycles. The molecular formula is C38H26. The Morgan fingerprint density at radius 3 is 1.13 bits per heavy atom. The first-order chi connectivity index (χ1) is 18.8. The molecule has 8 rings (SSSR count). The molecule has 0 aliphatic heterocycles. The van der Waals surface area contributed by atoms with E-state index in [1.165, 1.54) is 66.8 Å². The molecule has 2 spiro atoms. The van der Waals surface area contributed by atoms with Crippen LogP contribution in [-0.4, -0.2) is 0 Å². The lowest BCUT2D eigenvalue weighted by Gasteiger charge is -2.49. The van der Waals surface area contributed by atoms with Crippen LogP contribution in [0.2, 0.25) is 0 Å². The molecule has 0 heterocycles. The lowest BCUT2D eigenvalue weighted by molar-refractivity contribution is 0.630. The fourth-order valence-electron chi connectivity index (χ4n) is 7.98. The van der Waals surface area contributed by atoms with Crippen molar-refractivity contribution in [1.29, 1.82) is 0 Å². The molecule has 178 valence electrons. The van der Waals surface area contributed by atoms with Crippen LogP contribution in [0.25, 0.3) is 16.7 Å². The predicted octanol–water partition coefficient (Wildman–Crippen LogP) is 8.84. The zero-order valence-electron chi connectivity index (χ0n) is 21.1. The van der Waals surface area contributed by atoms with Crippen molar-refractivity contribution in [2.24, 2.45) is 0 Å². The van der Waals surface area contributed by atoms with Gasteiger partial charge in [-0.05, 0) is 66.8 Å². The van der Waals surface area contributed by atoms with Gasteiger partial charge in [0, 0.05) is 0 Å². The van der Waals surface area contributed by atoms with Crippen molar-refractivity contribution >= 4 is 5.57 Å². The SMILES string of the molecule is C=CC1=C(C=C)C2(c3ccccc31)c1ccccc1C1(c3ccccc3-c3ccccc31)c1ccccc12. The van der Waals surface area contributed by atoms with Crippen LogP contribution in [0.3, 0.4) is 0 Å². The predicted molar refractivity (Wildman–Crippen MR) is 157 cm³/mol. The van der Waals surface area contributed by atoms with Gasteiger partial charge in [-0.1, -0.05) is 147 Å². The summed E-state index contributed by atoms with van der Waals surface area (Å²) in [5, 5.41) is 0. The Hall–Kier alpha value is -4.68. The van der Waals surface area contributed by atoms with Crippen LogP contribution in [0.15, 0.2) is 152 Å². The van der Waals surface area contributed by atoms with E-state index in [4.69, 9.17) is 0 Å². The molecule has 38 heavy (non-hydrogen) atoms. The molecule has 0 atom stereocenters. The molecule has 0 radical (unpaired) electrons. The third-order valence-electron chi connectivity index (χ3n) is 9.15. The third kappa shape index (κ3) is 2.20. The van der Waals surface area contributed by atoms with E-state index in [2.05, 4.69) is 141 Å². The molecule has 0 bridgehead atoms. The van der Waals surface area contributed by atoms with Gasteiger partial charge in [0.05, 0.1) is 10.8 Å². The first-order valence-corrected chi connectivity index (χ1v) is 13.3. The standard InChI is InChI=1S/C38H26/c1-3-25-26-15-5-8-18-30(26)37(29(25)4-2)33-21-11-13-23-35(33)38(36-24-14-12-22-34(36)37)31-19-9-6-16-27(31)28-17-7-10-20-32(28)38/h3-24H,1-2H2. The minimum absolute atomic E-state index is 0.399. The highest BCUT2D eigenvalue weighted by Crippen LogP contribution is 2.66. The minimum Gasteiger partial charge on any atom is -0.0987 e. The van der Waals surface area contributed by atoms with Gasteiger partial charge < -0.3 is 0 Å². The van der Waals surface area contributed by atoms with Crippen LogP contribution in [0.5, 0.6) is 0 Å². The summed E-state index contributed by atoms with van der Waals surface area (Å²) in [6.45, 7) is 8.63. The van der Waals surface area contributed by atoms with Crippen molar-refractivity contribution in [2.45, 2.75) is 10.8 Å². The lowest BCUT2D eigenvalue weighted by Crippen LogP contribution is -2.44. The summed E-state index contributed by atoms with van der Waals surface area (Å²) in [6, 6.07) is 45.0. The summed E-state index contributed by atoms with van der Waals surface area (Å²) in [5.74, 6) is 0. The van der Waals surface area contributed by atoms with Gasteiger partial charge >= 0.3 is 0 Å². The zero-order valence-corrected chi connectivity index (χ0v) is 21.1. The summed E-state index contributed by atoms with van der Waals surface area (Å²) in [4.78, 5) is 0. The summed E-state index contributed by atoms with van der Waals surface area (Å²) in [7, 11) is 0.